The van der Waals surface area contributed by atoms with E-state index < -0.39 is 0 Å². The minimum atomic E-state index is 0.529. The lowest BCUT2D eigenvalue weighted by atomic mass is 10.1. The largest absolute Gasteiger partial charge is 0.245 e. The number of aryl methyl sites for hydroxylation is 1. The summed E-state index contributed by atoms with van der Waals surface area (Å²) in [5.74, 6) is 2.39. The van der Waals surface area contributed by atoms with Crippen molar-refractivity contribution in [3.05, 3.63) is 53.4 Å². The number of hydrogen-bond donors (Lipinski definition) is 0. The van der Waals surface area contributed by atoms with Crippen LogP contribution in [-0.4, -0.2) is 29.8 Å². The van der Waals surface area contributed by atoms with E-state index in [9.17, 15) is 0 Å². The fourth-order valence-corrected chi connectivity index (χ4v) is 2.60. The van der Waals surface area contributed by atoms with Gasteiger partial charge in [0.1, 0.15) is 6.54 Å². The molecular weight excluding hydrogens is 276 g/mol. The summed E-state index contributed by atoms with van der Waals surface area (Å²) in [7, 11) is 0. The van der Waals surface area contributed by atoms with Crippen molar-refractivity contribution in [1.29, 1.82) is 0 Å². The summed E-state index contributed by atoms with van der Waals surface area (Å²) >= 11 is 0. The van der Waals surface area contributed by atoms with Gasteiger partial charge in [0, 0.05) is 12.1 Å². The van der Waals surface area contributed by atoms with Gasteiger partial charge in [0.2, 0.25) is 0 Å². The fourth-order valence-electron chi connectivity index (χ4n) is 2.60. The standard InChI is InChI=1S/C16H18N6/c1-11-4-3-5-14(12(11)2)22-15(10-21-9-8-17-20-21)18-16(19-22)13-6-7-13/h3-5,8-9,13H,6-7,10H2,1-2H3. The molecule has 1 aliphatic carbocycles. The Balaban J connectivity index is 1.81. The van der Waals surface area contributed by atoms with Crippen LogP contribution in [0, 0.1) is 13.8 Å². The second-order valence-corrected chi connectivity index (χ2v) is 5.89. The molecule has 0 amide bonds. The van der Waals surface area contributed by atoms with Crippen LogP contribution in [0.5, 0.6) is 0 Å². The van der Waals surface area contributed by atoms with Gasteiger partial charge in [-0.3, -0.25) is 0 Å². The highest BCUT2D eigenvalue weighted by Crippen LogP contribution is 2.38. The Hall–Kier alpha value is -2.50. The molecule has 0 saturated heterocycles. The summed E-state index contributed by atoms with van der Waals surface area (Å²) in [5, 5.41) is 12.7. The van der Waals surface area contributed by atoms with Crippen molar-refractivity contribution in [2.75, 3.05) is 0 Å². The molecule has 1 saturated carbocycles. The van der Waals surface area contributed by atoms with Gasteiger partial charge in [-0.05, 0) is 43.9 Å². The summed E-state index contributed by atoms with van der Waals surface area (Å²) in [5.41, 5.74) is 3.58. The topological polar surface area (TPSA) is 61.4 Å². The van der Waals surface area contributed by atoms with Crippen LogP contribution in [0.2, 0.25) is 0 Å². The first-order valence-electron chi connectivity index (χ1n) is 7.59. The first-order valence-corrected chi connectivity index (χ1v) is 7.59. The van der Waals surface area contributed by atoms with E-state index in [-0.39, 0.29) is 0 Å². The van der Waals surface area contributed by atoms with Gasteiger partial charge in [-0.2, -0.15) is 5.10 Å². The number of hydrogen-bond acceptors (Lipinski definition) is 4. The zero-order chi connectivity index (χ0) is 15.1. The van der Waals surface area contributed by atoms with E-state index in [0.717, 1.165) is 17.3 Å². The monoisotopic (exact) mass is 294 g/mol. The molecule has 22 heavy (non-hydrogen) atoms. The molecule has 3 aromatic rings. The molecule has 0 N–H and O–H groups in total. The van der Waals surface area contributed by atoms with Crippen molar-refractivity contribution in [3.63, 3.8) is 0 Å². The average molecular weight is 294 g/mol. The van der Waals surface area contributed by atoms with E-state index in [1.165, 1.54) is 24.0 Å². The third-order valence-electron chi connectivity index (χ3n) is 4.21. The highest BCUT2D eigenvalue weighted by Gasteiger charge is 2.29. The average Bonchev–Trinajstić information content (AvgIpc) is 3.08. The van der Waals surface area contributed by atoms with Gasteiger partial charge >= 0.3 is 0 Å². The van der Waals surface area contributed by atoms with Crippen LogP contribution in [0.1, 0.15) is 41.5 Å². The predicted molar refractivity (Wildman–Crippen MR) is 81.9 cm³/mol. The first kappa shape index (κ1) is 13.2. The van der Waals surface area contributed by atoms with Crippen molar-refractivity contribution < 1.29 is 0 Å². The lowest BCUT2D eigenvalue weighted by Crippen LogP contribution is -2.10. The number of rotatable bonds is 4. The Bertz CT molecular complexity index is 798. The van der Waals surface area contributed by atoms with E-state index in [2.05, 4.69) is 42.4 Å². The van der Waals surface area contributed by atoms with Crippen molar-refractivity contribution in [1.82, 2.24) is 29.8 Å². The number of benzene rings is 1. The third kappa shape index (κ3) is 2.30. The molecule has 0 atom stereocenters. The van der Waals surface area contributed by atoms with E-state index in [4.69, 9.17) is 10.1 Å². The van der Waals surface area contributed by atoms with Crippen molar-refractivity contribution in [2.24, 2.45) is 0 Å². The van der Waals surface area contributed by atoms with E-state index in [1.54, 1.807) is 10.9 Å². The van der Waals surface area contributed by atoms with Crippen LogP contribution in [0.15, 0.2) is 30.6 Å². The van der Waals surface area contributed by atoms with Crippen molar-refractivity contribution >= 4 is 0 Å². The van der Waals surface area contributed by atoms with Crippen LogP contribution in [0.25, 0.3) is 5.69 Å². The Labute approximate surface area is 128 Å². The molecule has 112 valence electrons. The van der Waals surface area contributed by atoms with E-state index >= 15 is 0 Å². The second kappa shape index (κ2) is 5.05. The van der Waals surface area contributed by atoms with Gasteiger partial charge in [0.05, 0.1) is 11.9 Å². The zero-order valence-electron chi connectivity index (χ0n) is 12.8. The Morgan fingerprint density at radius 1 is 1.23 bits per heavy atom. The van der Waals surface area contributed by atoms with Crippen molar-refractivity contribution in [2.45, 2.75) is 39.2 Å². The highest BCUT2D eigenvalue weighted by atomic mass is 15.4. The van der Waals surface area contributed by atoms with Crippen molar-refractivity contribution in [3.8, 4) is 5.69 Å². The molecule has 6 nitrogen and oxygen atoms in total. The molecule has 2 aromatic heterocycles. The van der Waals surface area contributed by atoms with Crippen LogP contribution in [-0.2, 0) is 6.54 Å². The minimum absolute atomic E-state index is 0.529. The first-order chi connectivity index (χ1) is 10.7. The maximum atomic E-state index is 4.77. The van der Waals surface area contributed by atoms with Crippen LogP contribution < -0.4 is 0 Å². The normalized spacial score (nSPS) is 14.5. The Morgan fingerprint density at radius 3 is 2.82 bits per heavy atom. The molecule has 0 aliphatic heterocycles. The summed E-state index contributed by atoms with van der Waals surface area (Å²) < 4.78 is 3.75. The van der Waals surface area contributed by atoms with E-state index in [1.807, 2.05) is 10.9 Å². The molecule has 1 aliphatic rings. The van der Waals surface area contributed by atoms with Gasteiger partial charge in [-0.1, -0.05) is 17.3 Å². The fraction of sp³-hybridized carbons (Fsp3) is 0.375. The van der Waals surface area contributed by atoms with Gasteiger partial charge < -0.3 is 0 Å². The number of nitrogens with zero attached hydrogens (tertiary/aromatic N) is 6. The molecule has 1 fully saturated rings. The molecular formula is C16H18N6. The SMILES string of the molecule is Cc1cccc(-n2nc(C3CC3)nc2Cn2ccnn2)c1C. The summed E-state index contributed by atoms with van der Waals surface area (Å²) in [6, 6.07) is 6.28. The molecule has 2 heterocycles. The quantitative estimate of drug-likeness (QED) is 0.741. The minimum Gasteiger partial charge on any atom is -0.245 e. The molecule has 0 unspecified atom stereocenters. The molecule has 0 bridgehead atoms. The van der Waals surface area contributed by atoms with E-state index in [0.29, 0.717) is 12.5 Å². The zero-order valence-corrected chi connectivity index (χ0v) is 12.8. The highest BCUT2D eigenvalue weighted by molar-refractivity contribution is 5.44. The summed E-state index contributed by atoms with van der Waals surface area (Å²) in [6.07, 6.45) is 5.92. The Morgan fingerprint density at radius 2 is 2.09 bits per heavy atom. The molecule has 6 heteroatoms. The van der Waals surface area contributed by atoms with Crippen LogP contribution in [0.3, 0.4) is 0 Å². The molecule has 0 spiro atoms. The predicted octanol–water partition coefficient (Wildman–Crippen LogP) is 2.40. The smallest absolute Gasteiger partial charge is 0.154 e. The van der Waals surface area contributed by atoms with Gasteiger partial charge in [-0.25, -0.2) is 14.3 Å². The van der Waals surface area contributed by atoms with Crippen LogP contribution >= 0.6 is 0 Å². The molecule has 1 aromatic carbocycles. The molecule has 0 radical (unpaired) electrons. The lowest BCUT2D eigenvalue weighted by molar-refractivity contribution is 0.609. The maximum absolute atomic E-state index is 4.77. The lowest BCUT2D eigenvalue weighted by Gasteiger charge is -2.10. The van der Waals surface area contributed by atoms with Gasteiger partial charge in [-0.15, -0.1) is 5.10 Å². The maximum Gasteiger partial charge on any atom is 0.154 e. The second-order valence-electron chi connectivity index (χ2n) is 5.89. The summed E-state index contributed by atoms with van der Waals surface area (Å²) in [4.78, 5) is 4.76. The van der Waals surface area contributed by atoms with Gasteiger partial charge in [0.25, 0.3) is 0 Å². The third-order valence-corrected chi connectivity index (χ3v) is 4.21. The van der Waals surface area contributed by atoms with Gasteiger partial charge in [0.15, 0.2) is 11.6 Å². The summed E-state index contributed by atoms with van der Waals surface area (Å²) in [6.45, 7) is 4.82. The molecule has 4 rings (SSSR count). The number of aromatic nitrogens is 6. The Kier molecular flexibility index (Phi) is 3.03. The van der Waals surface area contributed by atoms with Crippen LogP contribution in [0.4, 0.5) is 0 Å².